The summed E-state index contributed by atoms with van der Waals surface area (Å²) in [7, 11) is 0. The number of anilines is 1. The van der Waals surface area contributed by atoms with Crippen molar-refractivity contribution in [3.05, 3.63) is 143 Å². The van der Waals surface area contributed by atoms with Crippen molar-refractivity contribution >= 4 is 11.8 Å². The first kappa shape index (κ1) is 25.7. The molecule has 0 aliphatic rings. The molecular weight excluding hydrogens is 488 g/mol. The van der Waals surface area contributed by atoms with Crippen LogP contribution < -0.4 is 11.1 Å². The molecule has 0 aliphatic carbocycles. The Labute approximate surface area is 227 Å². The Morgan fingerprint density at radius 1 is 0.897 bits per heavy atom. The molecule has 1 heterocycles. The number of nitrogens with one attached hydrogen (secondary N) is 1. The number of carbonyl (C=O) groups is 1. The maximum atomic E-state index is 11.5. The van der Waals surface area contributed by atoms with Crippen molar-refractivity contribution in [3.63, 3.8) is 0 Å². The monoisotopic (exact) mass is 518 g/mol. The Morgan fingerprint density at radius 2 is 1.44 bits per heavy atom. The fraction of sp³-hybridized carbons (Fsp3) is 0.161. The Bertz CT molecular complexity index is 1440. The van der Waals surface area contributed by atoms with Gasteiger partial charge in [-0.15, -0.1) is 5.10 Å². The van der Waals surface area contributed by atoms with E-state index in [1.807, 2.05) is 84.4 Å². The van der Waals surface area contributed by atoms with Crippen molar-refractivity contribution < 1.29 is 9.90 Å². The Morgan fingerprint density at radius 3 is 1.95 bits per heavy atom. The summed E-state index contributed by atoms with van der Waals surface area (Å²) >= 11 is 0. The Hall–Kier alpha value is -4.98. The number of aromatic nitrogens is 4. The van der Waals surface area contributed by atoms with Crippen molar-refractivity contribution in [2.45, 2.75) is 24.8 Å². The molecule has 5 aromatic rings. The summed E-state index contributed by atoms with van der Waals surface area (Å²) in [6, 6.07) is 36.2. The van der Waals surface area contributed by atoms with E-state index in [1.54, 1.807) is 0 Å². The SMILES string of the molecule is Cc1ccc(N)cc1C(CNC(=O)O)Cc1nnnn1C(c1ccccc1)(c1ccccc1)c1ccccc1. The molecule has 1 amide bonds. The van der Waals surface area contributed by atoms with E-state index in [9.17, 15) is 9.90 Å². The van der Waals surface area contributed by atoms with Gasteiger partial charge in [0.2, 0.25) is 0 Å². The van der Waals surface area contributed by atoms with Gasteiger partial charge in [0.25, 0.3) is 0 Å². The standard InChI is InChI=1S/C31H30N6O2/c1-22-17-18-27(32)20-28(22)23(21-33-30(38)39)19-29-34-35-36-37(29)31(24-11-5-2-6-12-24,25-13-7-3-8-14-25)26-15-9-4-10-16-26/h2-18,20,23,33H,19,21,32H2,1H3,(H,38,39). The van der Waals surface area contributed by atoms with Crippen LogP contribution in [0.4, 0.5) is 10.5 Å². The van der Waals surface area contributed by atoms with Crippen molar-refractivity contribution in [1.29, 1.82) is 0 Å². The molecule has 4 N–H and O–H groups in total. The minimum atomic E-state index is -1.09. The van der Waals surface area contributed by atoms with Crippen molar-refractivity contribution in [2.24, 2.45) is 0 Å². The highest BCUT2D eigenvalue weighted by Crippen LogP contribution is 2.41. The molecule has 8 heteroatoms. The zero-order chi connectivity index (χ0) is 27.2. The second kappa shape index (κ2) is 11.2. The second-order valence-corrected chi connectivity index (χ2v) is 9.52. The molecule has 0 fully saturated rings. The predicted octanol–water partition coefficient (Wildman–Crippen LogP) is 5.00. The molecule has 1 unspecified atom stereocenters. The first-order valence-corrected chi connectivity index (χ1v) is 12.8. The van der Waals surface area contributed by atoms with Crippen LogP contribution >= 0.6 is 0 Å². The molecule has 39 heavy (non-hydrogen) atoms. The Kier molecular flexibility index (Phi) is 7.36. The number of benzene rings is 4. The second-order valence-electron chi connectivity index (χ2n) is 9.52. The molecule has 0 bridgehead atoms. The number of nitrogens with two attached hydrogens (primary N) is 1. The van der Waals surface area contributed by atoms with E-state index in [4.69, 9.17) is 5.73 Å². The minimum absolute atomic E-state index is 0.182. The summed E-state index contributed by atoms with van der Waals surface area (Å²) in [5.41, 5.74) is 10.8. The van der Waals surface area contributed by atoms with Crippen LogP contribution in [0.25, 0.3) is 0 Å². The highest BCUT2D eigenvalue weighted by atomic mass is 16.4. The van der Waals surface area contributed by atoms with Gasteiger partial charge < -0.3 is 16.2 Å². The van der Waals surface area contributed by atoms with Gasteiger partial charge in [-0.2, -0.15) is 0 Å². The molecule has 5 rings (SSSR count). The van der Waals surface area contributed by atoms with Crippen LogP contribution in [-0.4, -0.2) is 38.0 Å². The third kappa shape index (κ3) is 5.09. The summed E-state index contributed by atoms with van der Waals surface area (Å²) in [5.74, 6) is 0.361. The van der Waals surface area contributed by atoms with E-state index >= 15 is 0 Å². The summed E-state index contributed by atoms with van der Waals surface area (Å²) < 4.78 is 1.88. The van der Waals surface area contributed by atoms with E-state index in [-0.39, 0.29) is 12.5 Å². The normalized spacial score (nSPS) is 12.1. The Balaban J connectivity index is 1.72. The van der Waals surface area contributed by atoms with Gasteiger partial charge in [0.15, 0.2) is 5.82 Å². The smallest absolute Gasteiger partial charge is 0.404 e. The third-order valence-electron chi connectivity index (χ3n) is 7.10. The van der Waals surface area contributed by atoms with Crippen molar-refractivity contribution in [2.75, 3.05) is 12.3 Å². The van der Waals surface area contributed by atoms with Crippen LogP contribution in [0.2, 0.25) is 0 Å². The lowest BCUT2D eigenvalue weighted by Crippen LogP contribution is -2.40. The topological polar surface area (TPSA) is 119 Å². The number of nitrogen functional groups attached to an aromatic ring is 1. The van der Waals surface area contributed by atoms with Gasteiger partial charge in [0, 0.05) is 24.6 Å². The molecule has 0 radical (unpaired) electrons. The first-order valence-electron chi connectivity index (χ1n) is 12.8. The lowest BCUT2D eigenvalue weighted by atomic mass is 9.77. The predicted molar refractivity (Wildman–Crippen MR) is 150 cm³/mol. The van der Waals surface area contributed by atoms with Gasteiger partial charge in [0.1, 0.15) is 5.54 Å². The van der Waals surface area contributed by atoms with E-state index in [0.29, 0.717) is 17.9 Å². The fourth-order valence-electron chi connectivity index (χ4n) is 5.32. The molecule has 196 valence electrons. The van der Waals surface area contributed by atoms with E-state index in [1.165, 1.54) is 0 Å². The van der Waals surface area contributed by atoms with Crippen molar-refractivity contribution in [3.8, 4) is 0 Å². The number of nitrogens with zero attached hydrogens (tertiary/aromatic N) is 4. The van der Waals surface area contributed by atoms with Crippen LogP contribution in [0.15, 0.2) is 109 Å². The number of hydrogen-bond donors (Lipinski definition) is 3. The number of carboxylic acid groups (broad SMARTS) is 1. The molecular formula is C31H30N6O2. The molecule has 1 atom stereocenters. The lowest BCUT2D eigenvalue weighted by molar-refractivity contribution is 0.193. The quantitative estimate of drug-likeness (QED) is 0.187. The van der Waals surface area contributed by atoms with Gasteiger partial charge >= 0.3 is 6.09 Å². The van der Waals surface area contributed by atoms with Crippen LogP contribution in [-0.2, 0) is 12.0 Å². The lowest BCUT2D eigenvalue weighted by Gasteiger charge is -2.36. The molecule has 8 nitrogen and oxygen atoms in total. The van der Waals surface area contributed by atoms with Crippen molar-refractivity contribution in [1.82, 2.24) is 25.5 Å². The van der Waals surface area contributed by atoms with Crippen LogP contribution in [0.5, 0.6) is 0 Å². The largest absolute Gasteiger partial charge is 0.465 e. The average Bonchev–Trinajstić information content (AvgIpc) is 3.43. The zero-order valence-corrected chi connectivity index (χ0v) is 21.6. The maximum absolute atomic E-state index is 11.5. The highest BCUT2D eigenvalue weighted by molar-refractivity contribution is 5.64. The zero-order valence-electron chi connectivity index (χ0n) is 21.6. The van der Waals surface area contributed by atoms with Gasteiger partial charge in [-0.05, 0) is 57.3 Å². The molecule has 0 saturated carbocycles. The van der Waals surface area contributed by atoms with Gasteiger partial charge in [-0.1, -0.05) is 97.1 Å². The van der Waals surface area contributed by atoms with E-state index in [0.717, 1.165) is 27.8 Å². The number of amides is 1. The molecule has 0 aliphatic heterocycles. The fourth-order valence-corrected chi connectivity index (χ4v) is 5.32. The van der Waals surface area contributed by atoms with Gasteiger partial charge in [0.05, 0.1) is 0 Å². The number of rotatable bonds is 9. The van der Waals surface area contributed by atoms with Crippen LogP contribution in [0, 0.1) is 6.92 Å². The molecule has 0 spiro atoms. The summed E-state index contributed by atoms with van der Waals surface area (Å²) in [6.45, 7) is 2.18. The molecule has 0 saturated heterocycles. The van der Waals surface area contributed by atoms with Gasteiger partial charge in [-0.25, -0.2) is 9.48 Å². The van der Waals surface area contributed by atoms with E-state index in [2.05, 4.69) is 57.2 Å². The number of tetrazole rings is 1. The van der Waals surface area contributed by atoms with E-state index < -0.39 is 11.6 Å². The number of aryl methyl sites for hydroxylation is 1. The maximum Gasteiger partial charge on any atom is 0.404 e. The number of hydrogen-bond acceptors (Lipinski definition) is 5. The summed E-state index contributed by atoms with van der Waals surface area (Å²) in [5, 5.41) is 25.2. The minimum Gasteiger partial charge on any atom is -0.465 e. The third-order valence-corrected chi connectivity index (χ3v) is 7.10. The van der Waals surface area contributed by atoms with Gasteiger partial charge in [-0.3, -0.25) is 0 Å². The first-order chi connectivity index (χ1) is 19.0. The average molecular weight is 519 g/mol. The summed E-state index contributed by atoms with van der Waals surface area (Å²) in [4.78, 5) is 11.5. The van der Waals surface area contributed by atoms with Crippen LogP contribution in [0.3, 0.4) is 0 Å². The highest BCUT2D eigenvalue weighted by Gasteiger charge is 2.41. The molecule has 1 aromatic heterocycles. The molecule has 4 aromatic carbocycles. The van der Waals surface area contributed by atoms with Crippen LogP contribution in [0.1, 0.15) is 39.6 Å². The summed E-state index contributed by atoms with van der Waals surface area (Å²) in [6.07, 6.45) is -0.709.